The number of nitrogens with two attached hydrogens (primary N) is 1. The average Bonchev–Trinajstić information content (AvgIpc) is 2.44. The van der Waals surface area contributed by atoms with Crippen molar-refractivity contribution in [3.05, 3.63) is 35.9 Å². The topological polar surface area (TPSA) is 58.4 Å². The van der Waals surface area contributed by atoms with Crippen LogP contribution in [0, 0.1) is 12.3 Å². The molecular weight excluding hydrogens is 250 g/mol. The van der Waals surface area contributed by atoms with Crippen LogP contribution in [0.2, 0.25) is 0 Å². The number of benzene rings is 1. The lowest BCUT2D eigenvalue weighted by Crippen LogP contribution is -2.41. The Labute approximate surface area is 121 Å². The molecule has 1 rings (SSSR count). The van der Waals surface area contributed by atoms with Crippen molar-refractivity contribution in [3.63, 3.8) is 0 Å². The van der Waals surface area contributed by atoms with Crippen molar-refractivity contribution in [1.29, 1.82) is 0 Å². The summed E-state index contributed by atoms with van der Waals surface area (Å²) in [6.45, 7) is 2.45. The van der Waals surface area contributed by atoms with Gasteiger partial charge < -0.3 is 16.0 Å². The number of nitrogens with one attached hydrogen (secondary N) is 1. The van der Waals surface area contributed by atoms with Gasteiger partial charge in [0, 0.05) is 19.5 Å². The summed E-state index contributed by atoms with van der Waals surface area (Å²) in [5.74, 6) is 2.22. The van der Waals surface area contributed by atoms with Gasteiger partial charge in [-0.1, -0.05) is 30.3 Å². The van der Waals surface area contributed by atoms with Crippen molar-refractivity contribution in [1.82, 2.24) is 10.2 Å². The zero-order valence-corrected chi connectivity index (χ0v) is 12.0. The third kappa shape index (κ3) is 6.37. The minimum atomic E-state index is -0.595. The fraction of sp³-hybridized carbons (Fsp3) is 0.438. The highest BCUT2D eigenvalue weighted by Gasteiger charge is 2.10. The van der Waals surface area contributed by atoms with E-state index in [1.807, 2.05) is 18.2 Å². The lowest BCUT2D eigenvalue weighted by atomic mass is 10.2. The second-order valence-corrected chi connectivity index (χ2v) is 4.88. The summed E-state index contributed by atoms with van der Waals surface area (Å²) in [6, 6.07) is 9.71. The summed E-state index contributed by atoms with van der Waals surface area (Å²) in [5.41, 5.74) is 6.89. The van der Waals surface area contributed by atoms with E-state index in [1.54, 1.807) is 0 Å². The molecule has 1 amide bonds. The van der Waals surface area contributed by atoms with Crippen molar-refractivity contribution in [2.45, 2.75) is 25.4 Å². The molecule has 0 aliphatic heterocycles. The van der Waals surface area contributed by atoms with E-state index in [2.05, 4.69) is 35.3 Å². The number of nitrogens with zero attached hydrogens (tertiary/aromatic N) is 1. The van der Waals surface area contributed by atoms with E-state index in [0.717, 1.165) is 19.5 Å². The average molecular weight is 273 g/mol. The fourth-order valence-corrected chi connectivity index (χ4v) is 1.89. The van der Waals surface area contributed by atoms with Gasteiger partial charge in [0.25, 0.3) is 0 Å². The quantitative estimate of drug-likeness (QED) is 0.548. The molecule has 4 nitrogen and oxygen atoms in total. The zero-order valence-electron chi connectivity index (χ0n) is 12.0. The molecule has 1 unspecified atom stereocenters. The van der Waals surface area contributed by atoms with Gasteiger partial charge in [0.05, 0.1) is 6.04 Å². The molecule has 0 heterocycles. The Bertz CT molecular complexity index is 439. The Morgan fingerprint density at radius 1 is 1.45 bits per heavy atom. The molecule has 1 aromatic carbocycles. The number of rotatable bonds is 8. The van der Waals surface area contributed by atoms with Crippen molar-refractivity contribution >= 4 is 5.91 Å². The molecule has 0 aliphatic rings. The molecule has 0 fully saturated rings. The highest BCUT2D eigenvalue weighted by atomic mass is 16.2. The van der Waals surface area contributed by atoms with Crippen LogP contribution >= 0.6 is 0 Å². The summed E-state index contributed by atoms with van der Waals surface area (Å²) < 4.78 is 0. The van der Waals surface area contributed by atoms with Gasteiger partial charge in [-0.05, 0) is 25.6 Å². The lowest BCUT2D eigenvalue weighted by Gasteiger charge is -2.17. The summed E-state index contributed by atoms with van der Waals surface area (Å²) in [5, 5.41) is 2.80. The van der Waals surface area contributed by atoms with Crippen LogP contribution in [0.15, 0.2) is 30.3 Å². The normalized spacial score (nSPS) is 11.9. The Morgan fingerprint density at radius 2 is 2.15 bits per heavy atom. The monoisotopic (exact) mass is 273 g/mol. The van der Waals surface area contributed by atoms with Crippen LogP contribution in [0.3, 0.4) is 0 Å². The predicted octanol–water partition coefficient (Wildman–Crippen LogP) is 0.975. The van der Waals surface area contributed by atoms with Crippen LogP contribution in [0.4, 0.5) is 0 Å². The lowest BCUT2D eigenvalue weighted by molar-refractivity contribution is -0.122. The number of carbonyl (C=O) groups excluding carboxylic acids is 1. The first kappa shape index (κ1) is 16.2. The van der Waals surface area contributed by atoms with Crippen LogP contribution in [0.1, 0.15) is 18.4 Å². The van der Waals surface area contributed by atoms with Crippen molar-refractivity contribution < 1.29 is 4.79 Å². The van der Waals surface area contributed by atoms with Gasteiger partial charge in [0.2, 0.25) is 5.91 Å². The molecule has 0 aliphatic carbocycles. The van der Waals surface area contributed by atoms with E-state index in [9.17, 15) is 4.79 Å². The summed E-state index contributed by atoms with van der Waals surface area (Å²) in [7, 11) is 2.07. The molecule has 20 heavy (non-hydrogen) atoms. The maximum atomic E-state index is 11.5. The number of hydrogen-bond donors (Lipinski definition) is 2. The first-order valence-electron chi connectivity index (χ1n) is 6.82. The largest absolute Gasteiger partial charge is 0.355 e. The van der Waals surface area contributed by atoms with Gasteiger partial charge in [0.15, 0.2) is 0 Å². The second-order valence-electron chi connectivity index (χ2n) is 4.88. The molecule has 0 bridgehead atoms. The van der Waals surface area contributed by atoms with Crippen molar-refractivity contribution in [2.75, 3.05) is 20.1 Å². The molecule has 0 saturated carbocycles. The second kappa shape index (κ2) is 9.13. The van der Waals surface area contributed by atoms with E-state index in [1.165, 1.54) is 5.56 Å². The summed E-state index contributed by atoms with van der Waals surface area (Å²) >= 11 is 0. The molecule has 0 saturated heterocycles. The van der Waals surface area contributed by atoms with Crippen LogP contribution in [0.5, 0.6) is 0 Å². The van der Waals surface area contributed by atoms with Gasteiger partial charge in [-0.2, -0.15) is 0 Å². The Kier molecular flexibility index (Phi) is 7.41. The Hall–Kier alpha value is -1.83. The van der Waals surface area contributed by atoms with Gasteiger partial charge in [-0.3, -0.25) is 4.79 Å². The van der Waals surface area contributed by atoms with Gasteiger partial charge >= 0.3 is 0 Å². The molecule has 3 N–H and O–H groups in total. The molecule has 1 aromatic rings. The van der Waals surface area contributed by atoms with E-state index in [-0.39, 0.29) is 12.3 Å². The first-order valence-corrected chi connectivity index (χ1v) is 6.82. The summed E-state index contributed by atoms with van der Waals surface area (Å²) in [6.07, 6.45) is 6.28. The SMILES string of the molecule is C#CCC(N)C(=O)NCCCN(C)Cc1ccccc1. The minimum absolute atomic E-state index is 0.173. The van der Waals surface area contributed by atoms with Crippen LogP contribution in [-0.2, 0) is 11.3 Å². The maximum absolute atomic E-state index is 11.5. The number of carbonyl (C=O) groups is 1. The third-order valence-corrected chi connectivity index (χ3v) is 2.99. The number of amides is 1. The smallest absolute Gasteiger partial charge is 0.237 e. The summed E-state index contributed by atoms with van der Waals surface area (Å²) in [4.78, 5) is 13.7. The molecule has 0 radical (unpaired) electrons. The highest BCUT2D eigenvalue weighted by Crippen LogP contribution is 2.02. The van der Waals surface area contributed by atoms with E-state index in [0.29, 0.717) is 6.54 Å². The van der Waals surface area contributed by atoms with Crippen LogP contribution < -0.4 is 11.1 Å². The fourth-order valence-electron chi connectivity index (χ4n) is 1.89. The van der Waals surface area contributed by atoms with Gasteiger partial charge in [-0.15, -0.1) is 12.3 Å². The van der Waals surface area contributed by atoms with E-state index < -0.39 is 6.04 Å². The predicted molar refractivity (Wildman–Crippen MR) is 81.8 cm³/mol. The van der Waals surface area contributed by atoms with Gasteiger partial charge in [0.1, 0.15) is 0 Å². The van der Waals surface area contributed by atoms with Crippen LogP contribution in [0.25, 0.3) is 0 Å². The number of terminal acetylenes is 1. The third-order valence-electron chi connectivity index (χ3n) is 2.99. The highest BCUT2D eigenvalue weighted by molar-refractivity contribution is 5.81. The molecular formula is C16H23N3O. The first-order chi connectivity index (χ1) is 9.63. The van der Waals surface area contributed by atoms with Crippen molar-refractivity contribution in [3.8, 4) is 12.3 Å². The maximum Gasteiger partial charge on any atom is 0.237 e. The molecule has 0 spiro atoms. The molecule has 4 heteroatoms. The number of hydrogen-bond acceptors (Lipinski definition) is 3. The van der Waals surface area contributed by atoms with E-state index >= 15 is 0 Å². The van der Waals surface area contributed by atoms with Crippen LogP contribution in [-0.4, -0.2) is 37.0 Å². The molecule has 108 valence electrons. The van der Waals surface area contributed by atoms with Crippen molar-refractivity contribution in [2.24, 2.45) is 5.73 Å². The van der Waals surface area contributed by atoms with Gasteiger partial charge in [-0.25, -0.2) is 0 Å². The molecule has 0 aromatic heterocycles. The Morgan fingerprint density at radius 3 is 2.80 bits per heavy atom. The molecule has 1 atom stereocenters. The zero-order chi connectivity index (χ0) is 14.8. The standard InChI is InChI=1S/C16H23N3O/c1-3-8-15(17)16(20)18-11-7-12-19(2)13-14-9-5-4-6-10-14/h1,4-6,9-10,15H,7-8,11-13,17H2,2H3,(H,18,20). The minimum Gasteiger partial charge on any atom is -0.355 e. The Balaban J connectivity index is 2.15. The van der Waals surface area contributed by atoms with E-state index in [4.69, 9.17) is 12.2 Å².